The highest BCUT2D eigenvalue weighted by Gasteiger charge is 2.23. The fraction of sp³-hybridized carbons (Fsp3) is 0.300. The molecule has 0 spiro atoms. The molecule has 0 bridgehead atoms. The number of sulfone groups is 1. The summed E-state index contributed by atoms with van der Waals surface area (Å²) < 4.78 is 24.7. The van der Waals surface area contributed by atoms with Crippen molar-refractivity contribution >= 4 is 66.4 Å². The van der Waals surface area contributed by atoms with Crippen LogP contribution in [0.15, 0.2) is 41.3 Å². The molecule has 162 valence electrons. The van der Waals surface area contributed by atoms with E-state index >= 15 is 0 Å². The van der Waals surface area contributed by atoms with Crippen molar-refractivity contribution in [2.75, 3.05) is 38.3 Å². The highest BCUT2D eigenvalue weighted by atomic mass is 35.5. The van der Waals surface area contributed by atoms with Gasteiger partial charge in [-0.25, -0.2) is 13.4 Å². The number of rotatable bonds is 6. The summed E-state index contributed by atoms with van der Waals surface area (Å²) in [5.74, 6) is -0.292. The van der Waals surface area contributed by atoms with Crippen LogP contribution >= 0.6 is 35.3 Å². The zero-order chi connectivity index (χ0) is 21.3. The SMILES string of the molecule is Cc1c(Cl)ccc2sc(N(CCN(C)C)C(=O)c3cccc(S(C)(=O)=O)c3)nc12.Cl. The Labute approximate surface area is 191 Å². The van der Waals surface area contributed by atoms with Gasteiger partial charge in [-0.3, -0.25) is 9.69 Å². The van der Waals surface area contributed by atoms with Crippen LogP contribution in [0.3, 0.4) is 0 Å². The maximum atomic E-state index is 13.3. The average Bonchev–Trinajstić information content (AvgIpc) is 3.08. The van der Waals surface area contributed by atoms with Crippen molar-refractivity contribution in [3.63, 3.8) is 0 Å². The standard InChI is InChI=1S/C20H22ClN3O3S2.ClH/c1-13-16(21)8-9-17-18(13)22-20(28-17)24(11-10-23(2)3)19(25)14-6-5-7-15(12-14)29(4,26)27;/h5-9,12H,10-11H2,1-4H3;1H. The van der Waals surface area contributed by atoms with Crippen LogP contribution in [0.2, 0.25) is 5.02 Å². The second kappa shape index (κ2) is 9.62. The smallest absolute Gasteiger partial charge is 0.260 e. The van der Waals surface area contributed by atoms with E-state index in [2.05, 4.69) is 4.98 Å². The molecule has 6 nitrogen and oxygen atoms in total. The molecule has 2 aromatic carbocycles. The molecule has 10 heteroatoms. The van der Waals surface area contributed by atoms with Crippen molar-refractivity contribution in [2.45, 2.75) is 11.8 Å². The van der Waals surface area contributed by atoms with Gasteiger partial charge in [-0.1, -0.05) is 29.0 Å². The van der Waals surface area contributed by atoms with Crippen molar-refractivity contribution in [2.24, 2.45) is 0 Å². The number of aromatic nitrogens is 1. The van der Waals surface area contributed by atoms with Gasteiger partial charge < -0.3 is 4.90 Å². The number of aryl methyl sites for hydroxylation is 1. The van der Waals surface area contributed by atoms with Gasteiger partial charge in [0.15, 0.2) is 15.0 Å². The summed E-state index contributed by atoms with van der Waals surface area (Å²) in [5.41, 5.74) is 1.94. The van der Waals surface area contributed by atoms with Gasteiger partial charge in [0.1, 0.15) is 0 Å². The molecule has 0 unspecified atom stereocenters. The van der Waals surface area contributed by atoms with Crippen LogP contribution < -0.4 is 4.90 Å². The number of halogens is 2. The molecule has 30 heavy (non-hydrogen) atoms. The van der Waals surface area contributed by atoms with Crippen molar-refractivity contribution in [1.29, 1.82) is 0 Å². The van der Waals surface area contributed by atoms with Crippen LogP contribution in [0.1, 0.15) is 15.9 Å². The molecule has 0 N–H and O–H groups in total. The Kier molecular flexibility index (Phi) is 7.87. The lowest BCUT2D eigenvalue weighted by molar-refractivity contribution is 0.0985. The van der Waals surface area contributed by atoms with E-state index in [-0.39, 0.29) is 23.2 Å². The van der Waals surface area contributed by atoms with Crippen LogP contribution in [0, 0.1) is 6.92 Å². The zero-order valence-electron chi connectivity index (χ0n) is 17.0. The third kappa shape index (κ3) is 5.31. The largest absolute Gasteiger partial charge is 0.308 e. The summed E-state index contributed by atoms with van der Waals surface area (Å²) >= 11 is 7.63. The maximum absolute atomic E-state index is 13.3. The molecular weight excluding hydrogens is 465 g/mol. The molecule has 0 saturated heterocycles. The number of hydrogen-bond donors (Lipinski definition) is 0. The molecule has 0 radical (unpaired) electrons. The molecule has 0 fully saturated rings. The van der Waals surface area contributed by atoms with Gasteiger partial charge in [0.25, 0.3) is 5.91 Å². The summed E-state index contributed by atoms with van der Waals surface area (Å²) in [6.45, 7) is 2.95. The van der Waals surface area contributed by atoms with Crippen molar-refractivity contribution < 1.29 is 13.2 Å². The lowest BCUT2D eigenvalue weighted by Crippen LogP contribution is -2.36. The lowest BCUT2D eigenvalue weighted by Gasteiger charge is -2.22. The van der Waals surface area contributed by atoms with Gasteiger partial charge in [0.05, 0.1) is 15.1 Å². The second-order valence-electron chi connectivity index (χ2n) is 7.08. The van der Waals surface area contributed by atoms with E-state index < -0.39 is 9.84 Å². The summed E-state index contributed by atoms with van der Waals surface area (Å²) in [4.78, 5) is 21.7. The summed E-state index contributed by atoms with van der Waals surface area (Å²) in [7, 11) is 0.439. The van der Waals surface area contributed by atoms with E-state index in [0.29, 0.717) is 28.8 Å². The number of carbonyl (C=O) groups excluding carboxylic acids is 1. The Morgan fingerprint density at radius 1 is 1.17 bits per heavy atom. The molecule has 0 aliphatic rings. The lowest BCUT2D eigenvalue weighted by atomic mass is 10.2. The third-order valence-electron chi connectivity index (χ3n) is 4.49. The van der Waals surface area contributed by atoms with Gasteiger partial charge >= 0.3 is 0 Å². The number of hydrogen-bond acceptors (Lipinski definition) is 6. The van der Waals surface area contributed by atoms with Gasteiger partial charge in [0.2, 0.25) is 0 Å². The van der Waals surface area contributed by atoms with E-state index in [1.54, 1.807) is 17.0 Å². The fourth-order valence-electron chi connectivity index (χ4n) is 2.80. The zero-order valence-corrected chi connectivity index (χ0v) is 20.3. The molecule has 3 rings (SSSR count). The van der Waals surface area contributed by atoms with Gasteiger partial charge in [-0.2, -0.15) is 0 Å². The van der Waals surface area contributed by atoms with Crippen molar-refractivity contribution in [1.82, 2.24) is 9.88 Å². The van der Waals surface area contributed by atoms with Crippen LogP contribution in [-0.4, -0.2) is 57.6 Å². The Hall–Kier alpha value is -1.71. The predicted molar refractivity (Wildman–Crippen MR) is 126 cm³/mol. The summed E-state index contributed by atoms with van der Waals surface area (Å²) in [6.07, 6.45) is 1.13. The first-order valence-corrected chi connectivity index (χ1v) is 12.0. The molecule has 0 saturated carbocycles. The number of anilines is 1. The Bertz CT molecular complexity index is 1180. The van der Waals surface area contributed by atoms with E-state index in [1.807, 2.05) is 38.1 Å². The number of nitrogens with zero attached hydrogens (tertiary/aromatic N) is 3. The van der Waals surface area contributed by atoms with Crippen LogP contribution in [0.25, 0.3) is 10.2 Å². The first-order valence-electron chi connectivity index (χ1n) is 8.90. The minimum absolute atomic E-state index is 0. The minimum atomic E-state index is -3.41. The molecular formula is C20H23Cl2N3O3S2. The highest BCUT2D eigenvalue weighted by Crippen LogP contribution is 2.34. The molecule has 1 amide bonds. The maximum Gasteiger partial charge on any atom is 0.260 e. The first kappa shape index (κ1) is 24.6. The topological polar surface area (TPSA) is 70.6 Å². The summed E-state index contributed by atoms with van der Waals surface area (Å²) in [6, 6.07) is 9.81. The fourth-order valence-corrected chi connectivity index (χ4v) is 4.67. The molecule has 3 aromatic rings. The van der Waals surface area contributed by atoms with E-state index in [1.165, 1.54) is 23.5 Å². The number of thiazole rings is 1. The third-order valence-corrected chi connectivity index (χ3v) is 7.06. The number of fused-ring (bicyclic) bond motifs is 1. The molecule has 1 heterocycles. The number of benzene rings is 2. The Morgan fingerprint density at radius 2 is 1.87 bits per heavy atom. The van der Waals surface area contributed by atoms with E-state index in [9.17, 15) is 13.2 Å². The Morgan fingerprint density at radius 3 is 2.50 bits per heavy atom. The normalized spacial score (nSPS) is 11.5. The van der Waals surface area contributed by atoms with E-state index in [4.69, 9.17) is 11.6 Å². The summed E-state index contributed by atoms with van der Waals surface area (Å²) in [5, 5.41) is 1.18. The predicted octanol–water partition coefficient (Wildman–Crippen LogP) is 4.29. The average molecular weight is 488 g/mol. The number of carbonyl (C=O) groups is 1. The van der Waals surface area contributed by atoms with Gasteiger partial charge in [-0.15, -0.1) is 12.4 Å². The molecule has 0 aliphatic carbocycles. The number of likely N-dealkylation sites (N-methyl/N-ethyl adjacent to an activating group) is 1. The van der Waals surface area contributed by atoms with Crippen molar-refractivity contribution in [3.05, 3.63) is 52.5 Å². The molecule has 0 atom stereocenters. The number of amides is 1. The monoisotopic (exact) mass is 487 g/mol. The highest BCUT2D eigenvalue weighted by molar-refractivity contribution is 7.90. The van der Waals surface area contributed by atoms with Gasteiger partial charge in [0, 0.05) is 29.9 Å². The Balaban J connectivity index is 0.00000320. The van der Waals surface area contributed by atoms with Crippen molar-refractivity contribution in [3.8, 4) is 0 Å². The quantitative estimate of drug-likeness (QED) is 0.518. The molecule has 0 aliphatic heterocycles. The van der Waals surface area contributed by atoms with Crippen LogP contribution in [-0.2, 0) is 9.84 Å². The van der Waals surface area contributed by atoms with Crippen LogP contribution in [0.4, 0.5) is 5.13 Å². The van der Waals surface area contributed by atoms with E-state index in [0.717, 1.165) is 22.0 Å². The second-order valence-corrected chi connectivity index (χ2v) is 10.5. The van der Waals surface area contributed by atoms with Gasteiger partial charge in [-0.05, 0) is 56.9 Å². The van der Waals surface area contributed by atoms with Crippen LogP contribution in [0.5, 0.6) is 0 Å². The first-order chi connectivity index (χ1) is 13.6. The molecule has 1 aromatic heterocycles. The minimum Gasteiger partial charge on any atom is -0.308 e.